The molecule has 0 bridgehead atoms. The highest BCUT2D eigenvalue weighted by Gasteiger charge is 2.10. The molecule has 2 aromatic carbocycles. The SMILES string of the molecule is COc1cc2cc(CCNC(=O)c3ccccc3C)c(=O)[nH]c2cc1Cl. The van der Waals surface area contributed by atoms with Gasteiger partial charge < -0.3 is 15.0 Å². The normalized spacial score (nSPS) is 10.7. The number of hydrogen-bond donors (Lipinski definition) is 2. The van der Waals surface area contributed by atoms with Gasteiger partial charge in [-0.2, -0.15) is 0 Å². The molecule has 0 spiro atoms. The predicted octanol–water partition coefficient (Wildman–Crippen LogP) is 3.47. The van der Waals surface area contributed by atoms with E-state index in [1.165, 1.54) is 0 Å². The molecule has 3 rings (SSSR count). The number of aromatic nitrogens is 1. The number of pyridine rings is 1. The minimum Gasteiger partial charge on any atom is -0.495 e. The van der Waals surface area contributed by atoms with Gasteiger partial charge in [0.25, 0.3) is 11.5 Å². The Kier molecular flexibility index (Phi) is 5.28. The zero-order valence-corrected chi connectivity index (χ0v) is 15.3. The van der Waals surface area contributed by atoms with Gasteiger partial charge in [0.2, 0.25) is 0 Å². The maximum atomic E-state index is 12.3. The van der Waals surface area contributed by atoms with Crippen LogP contribution in [0.5, 0.6) is 5.75 Å². The molecule has 26 heavy (non-hydrogen) atoms. The van der Waals surface area contributed by atoms with E-state index in [2.05, 4.69) is 10.3 Å². The molecule has 0 atom stereocenters. The van der Waals surface area contributed by atoms with E-state index in [4.69, 9.17) is 16.3 Å². The molecular weight excluding hydrogens is 352 g/mol. The molecule has 0 unspecified atom stereocenters. The second-order valence-corrected chi connectivity index (χ2v) is 6.43. The quantitative estimate of drug-likeness (QED) is 0.722. The van der Waals surface area contributed by atoms with Crippen molar-refractivity contribution >= 4 is 28.4 Å². The van der Waals surface area contributed by atoms with Crippen molar-refractivity contribution < 1.29 is 9.53 Å². The molecule has 0 fully saturated rings. The van der Waals surface area contributed by atoms with E-state index in [1.54, 1.807) is 31.4 Å². The molecule has 2 N–H and O–H groups in total. The van der Waals surface area contributed by atoms with Crippen LogP contribution in [0, 0.1) is 6.92 Å². The Hall–Kier alpha value is -2.79. The van der Waals surface area contributed by atoms with Crippen LogP contribution in [0.1, 0.15) is 21.5 Å². The van der Waals surface area contributed by atoms with Crippen LogP contribution in [0.25, 0.3) is 10.9 Å². The molecule has 0 aliphatic carbocycles. The third-order valence-electron chi connectivity index (χ3n) is 4.26. The predicted molar refractivity (Wildman–Crippen MR) is 103 cm³/mol. The number of nitrogens with one attached hydrogen (secondary N) is 2. The zero-order valence-electron chi connectivity index (χ0n) is 14.6. The van der Waals surface area contributed by atoms with Crippen molar-refractivity contribution in [3.8, 4) is 5.75 Å². The largest absolute Gasteiger partial charge is 0.495 e. The molecule has 1 heterocycles. The van der Waals surface area contributed by atoms with Gasteiger partial charge in [0, 0.05) is 23.1 Å². The number of aromatic amines is 1. The number of ether oxygens (including phenoxy) is 1. The monoisotopic (exact) mass is 370 g/mol. The van der Waals surface area contributed by atoms with Gasteiger partial charge in [0.05, 0.1) is 17.6 Å². The van der Waals surface area contributed by atoms with Crippen LogP contribution in [0.15, 0.2) is 47.3 Å². The number of amides is 1. The first kappa shape index (κ1) is 18.0. The molecule has 6 heteroatoms. The second kappa shape index (κ2) is 7.62. The number of halogens is 1. The number of carbonyl (C=O) groups excluding carboxylic acids is 1. The maximum absolute atomic E-state index is 12.3. The average molecular weight is 371 g/mol. The summed E-state index contributed by atoms with van der Waals surface area (Å²) in [5.41, 5.74) is 2.60. The Morgan fingerprint density at radius 3 is 2.73 bits per heavy atom. The lowest BCUT2D eigenvalue weighted by molar-refractivity contribution is 0.0953. The molecule has 0 saturated heterocycles. The van der Waals surface area contributed by atoms with E-state index < -0.39 is 0 Å². The fourth-order valence-corrected chi connectivity index (χ4v) is 3.07. The summed E-state index contributed by atoms with van der Waals surface area (Å²) in [7, 11) is 1.54. The Balaban J connectivity index is 1.75. The van der Waals surface area contributed by atoms with E-state index in [0.29, 0.717) is 40.4 Å². The molecule has 0 saturated carbocycles. The molecule has 1 aromatic heterocycles. The zero-order chi connectivity index (χ0) is 18.7. The van der Waals surface area contributed by atoms with Gasteiger partial charge in [-0.05, 0) is 43.2 Å². The highest BCUT2D eigenvalue weighted by molar-refractivity contribution is 6.32. The van der Waals surface area contributed by atoms with Crippen molar-refractivity contribution in [1.29, 1.82) is 0 Å². The summed E-state index contributed by atoms with van der Waals surface area (Å²) in [6.45, 7) is 2.26. The van der Waals surface area contributed by atoms with Crippen molar-refractivity contribution in [1.82, 2.24) is 10.3 Å². The molecule has 0 radical (unpaired) electrons. The molecule has 0 aliphatic heterocycles. The Morgan fingerprint density at radius 2 is 2.00 bits per heavy atom. The van der Waals surface area contributed by atoms with Gasteiger partial charge in [0.1, 0.15) is 5.75 Å². The summed E-state index contributed by atoms with van der Waals surface area (Å²) in [5, 5.41) is 4.12. The second-order valence-electron chi connectivity index (χ2n) is 6.02. The molecular formula is C20H19ClN2O3. The first-order valence-corrected chi connectivity index (χ1v) is 8.60. The van der Waals surface area contributed by atoms with E-state index in [-0.39, 0.29) is 11.5 Å². The van der Waals surface area contributed by atoms with Crippen LogP contribution in [-0.4, -0.2) is 24.5 Å². The number of hydrogen-bond acceptors (Lipinski definition) is 3. The van der Waals surface area contributed by atoms with Crippen LogP contribution in [0.4, 0.5) is 0 Å². The molecule has 1 amide bonds. The summed E-state index contributed by atoms with van der Waals surface area (Å²) in [6, 6.07) is 12.6. The van der Waals surface area contributed by atoms with Crippen LogP contribution < -0.4 is 15.6 Å². The number of carbonyl (C=O) groups is 1. The third-order valence-corrected chi connectivity index (χ3v) is 4.56. The van der Waals surface area contributed by atoms with E-state index >= 15 is 0 Å². The number of rotatable bonds is 5. The standard InChI is InChI=1S/C20H19ClN2O3/c1-12-5-3-4-6-15(12)20(25)22-8-7-13-9-14-10-18(26-2)16(21)11-17(14)23-19(13)24/h3-6,9-11H,7-8H2,1-2H3,(H,22,25)(H,23,24). The minimum atomic E-state index is -0.191. The summed E-state index contributed by atoms with van der Waals surface area (Å²) in [5.74, 6) is 0.402. The Morgan fingerprint density at radius 1 is 1.23 bits per heavy atom. The number of H-pyrrole nitrogens is 1. The fraction of sp³-hybridized carbons (Fsp3) is 0.200. The van der Waals surface area contributed by atoms with Gasteiger partial charge >= 0.3 is 0 Å². The number of methoxy groups -OCH3 is 1. The lowest BCUT2D eigenvalue weighted by Gasteiger charge is -2.09. The summed E-state index contributed by atoms with van der Waals surface area (Å²) in [4.78, 5) is 27.3. The summed E-state index contributed by atoms with van der Waals surface area (Å²) in [6.07, 6.45) is 0.424. The van der Waals surface area contributed by atoms with Crippen molar-refractivity contribution in [2.24, 2.45) is 0 Å². The first-order chi connectivity index (χ1) is 12.5. The van der Waals surface area contributed by atoms with E-state index in [1.807, 2.05) is 25.1 Å². The topological polar surface area (TPSA) is 71.2 Å². The van der Waals surface area contributed by atoms with Gasteiger partial charge in [-0.1, -0.05) is 29.8 Å². The van der Waals surface area contributed by atoms with Crippen LogP contribution in [0.2, 0.25) is 5.02 Å². The first-order valence-electron chi connectivity index (χ1n) is 8.23. The molecule has 134 valence electrons. The Labute approximate surface area is 156 Å². The van der Waals surface area contributed by atoms with Crippen molar-refractivity contribution in [3.05, 3.63) is 74.5 Å². The maximum Gasteiger partial charge on any atom is 0.251 e. The summed E-state index contributed by atoms with van der Waals surface area (Å²) >= 11 is 6.09. The van der Waals surface area contributed by atoms with Crippen LogP contribution >= 0.6 is 11.6 Å². The van der Waals surface area contributed by atoms with Crippen molar-refractivity contribution in [3.63, 3.8) is 0 Å². The van der Waals surface area contributed by atoms with Gasteiger partial charge in [-0.15, -0.1) is 0 Å². The van der Waals surface area contributed by atoms with E-state index in [9.17, 15) is 9.59 Å². The molecule has 0 aliphatic rings. The van der Waals surface area contributed by atoms with Crippen LogP contribution in [0.3, 0.4) is 0 Å². The third kappa shape index (κ3) is 3.73. The van der Waals surface area contributed by atoms with Crippen molar-refractivity contribution in [2.75, 3.05) is 13.7 Å². The minimum absolute atomic E-state index is 0.145. The van der Waals surface area contributed by atoms with Gasteiger partial charge in [-0.3, -0.25) is 9.59 Å². The lowest BCUT2D eigenvalue weighted by atomic mass is 10.1. The smallest absolute Gasteiger partial charge is 0.251 e. The average Bonchev–Trinajstić information content (AvgIpc) is 2.62. The lowest BCUT2D eigenvalue weighted by Crippen LogP contribution is -2.28. The van der Waals surface area contributed by atoms with Gasteiger partial charge in [0.15, 0.2) is 0 Å². The number of fused-ring (bicyclic) bond motifs is 1. The van der Waals surface area contributed by atoms with Gasteiger partial charge in [-0.25, -0.2) is 0 Å². The highest BCUT2D eigenvalue weighted by Crippen LogP contribution is 2.28. The van der Waals surface area contributed by atoms with Crippen molar-refractivity contribution in [2.45, 2.75) is 13.3 Å². The Bertz CT molecular complexity index is 1030. The highest BCUT2D eigenvalue weighted by atomic mass is 35.5. The number of benzene rings is 2. The molecule has 3 aromatic rings. The molecule has 5 nitrogen and oxygen atoms in total. The number of aryl methyl sites for hydroxylation is 1. The van der Waals surface area contributed by atoms with Crippen LogP contribution in [-0.2, 0) is 6.42 Å². The van der Waals surface area contributed by atoms with E-state index in [0.717, 1.165) is 10.9 Å². The summed E-state index contributed by atoms with van der Waals surface area (Å²) < 4.78 is 5.22. The fourth-order valence-electron chi connectivity index (χ4n) is 2.83.